The number of hydrogen-bond acceptors (Lipinski definition) is 3. The van der Waals surface area contributed by atoms with Crippen molar-refractivity contribution in [2.75, 3.05) is 30.7 Å². The molecule has 1 saturated carbocycles. The summed E-state index contributed by atoms with van der Waals surface area (Å²) in [4.78, 5) is 16.1. The normalized spacial score (nSPS) is 20.2. The van der Waals surface area contributed by atoms with E-state index in [2.05, 4.69) is 58.7 Å². The van der Waals surface area contributed by atoms with Gasteiger partial charge in [-0.25, -0.2) is 0 Å². The van der Waals surface area contributed by atoms with Gasteiger partial charge in [0, 0.05) is 16.5 Å². The quantitative estimate of drug-likeness (QED) is 0.443. The second-order valence-corrected chi connectivity index (χ2v) is 9.54. The molecule has 4 heteroatoms. The fourth-order valence-electron chi connectivity index (χ4n) is 4.17. The Morgan fingerprint density at radius 1 is 1.00 bits per heavy atom. The number of likely N-dealkylation sites (tertiary alicyclic amines) is 1. The van der Waals surface area contributed by atoms with Crippen LogP contribution in [-0.2, 0) is 4.79 Å². The van der Waals surface area contributed by atoms with Crippen LogP contribution in [0.4, 0.5) is 5.69 Å². The minimum absolute atomic E-state index is 0.197. The van der Waals surface area contributed by atoms with E-state index in [0.29, 0.717) is 5.92 Å². The van der Waals surface area contributed by atoms with Crippen LogP contribution in [0.1, 0.15) is 50.0 Å². The molecule has 1 aliphatic carbocycles. The molecule has 0 bridgehead atoms. The highest BCUT2D eigenvalue weighted by atomic mass is 32.2. The number of thioether (sulfide) groups is 1. The number of benzene rings is 2. The van der Waals surface area contributed by atoms with Gasteiger partial charge in [-0.3, -0.25) is 4.79 Å². The summed E-state index contributed by atoms with van der Waals surface area (Å²) in [6, 6.07) is 19.3. The smallest absolute Gasteiger partial charge is 0.227 e. The molecule has 0 spiro atoms. The van der Waals surface area contributed by atoms with Crippen LogP contribution in [0.15, 0.2) is 59.5 Å². The van der Waals surface area contributed by atoms with E-state index < -0.39 is 0 Å². The molecule has 154 valence electrons. The van der Waals surface area contributed by atoms with Gasteiger partial charge in [0.05, 0.1) is 0 Å². The Morgan fingerprint density at radius 2 is 1.86 bits per heavy atom. The van der Waals surface area contributed by atoms with Gasteiger partial charge >= 0.3 is 0 Å². The summed E-state index contributed by atoms with van der Waals surface area (Å²) < 4.78 is 0. The zero-order valence-corrected chi connectivity index (χ0v) is 18.0. The lowest BCUT2D eigenvalue weighted by Crippen LogP contribution is -2.26. The van der Waals surface area contributed by atoms with Crippen LogP contribution < -0.4 is 5.32 Å². The number of carbonyl (C=O) groups excluding carboxylic acids is 1. The van der Waals surface area contributed by atoms with E-state index in [9.17, 15) is 4.79 Å². The topological polar surface area (TPSA) is 32.3 Å². The highest BCUT2D eigenvalue weighted by Gasteiger charge is 2.29. The van der Waals surface area contributed by atoms with E-state index in [-0.39, 0.29) is 11.8 Å². The van der Waals surface area contributed by atoms with Crippen LogP contribution in [0.5, 0.6) is 0 Å². The van der Waals surface area contributed by atoms with Crippen molar-refractivity contribution >= 4 is 23.4 Å². The summed E-state index contributed by atoms with van der Waals surface area (Å²) in [5, 5.41) is 3.10. The van der Waals surface area contributed by atoms with E-state index in [0.717, 1.165) is 18.5 Å². The number of carbonyl (C=O) groups is 1. The molecule has 2 fully saturated rings. The van der Waals surface area contributed by atoms with Crippen molar-refractivity contribution in [3.05, 3.63) is 60.2 Å². The second kappa shape index (κ2) is 10.3. The summed E-state index contributed by atoms with van der Waals surface area (Å²) in [6.07, 6.45) is 7.06. The summed E-state index contributed by atoms with van der Waals surface area (Å²) in [7, 11) is 0. The lowest BCUT2D eigenvalue weighted by Gasteiger charge is -2.20. The van der Waals surface area contributed by atoms with E-state index >= 15 is 0 Å². The molecule has 3 nitrogen and oxygen atoms in total. The number of nitrogens with one attached hydrogen (secondary N) is 1. The van der Waals surface area contributed by atoms with Gasteiger partial charge in [-0.2, -0.15) is 0 Å². The molecule has 0 radical (unpaired) electrons. The van der Waals surface area contributed by atoms with Crippen molar-refractivity contribution in [1.29, 1.82) is 0 Å². The highest BCUT2D eigenvalue weighted by Crippen LogP contribution is 2.32. The lowest BCUT2D eigenvalue weighted by molar-refractivity contribution is -0.117. The van der Waals surface area contributed by atoms with Crippen molar-refractivity contribution in [2.24, 2.45) is 5.92 Å². The van der Waals surface area contributed by atoms with Gasteiger partial charge in [0.15, 0.2) is 0 Å². The SMILES string of the molecule is O=C(Nc1cccc(C2CCCN(CCCSc3ccccc3)CC2)c1)C1CC1. The third-order valence-corrected chi connectivity index (χ3v) is 7.12. The maximum atomic E-state index is 12.1. The molecule has 29 heavy (non-hydrogen) atoms. The summed E-state index contributed by atoms with van der Waals surface area (Å²) in [6.45, 7) is 3.59. The first-order valence-corrected chi connectivity index (χ1v) is 12.1. The van der Waals surface area contributed by atoms with Gasteiger partial charge in [-0.1, -0.05) is 30.3 Å². The lowest BCUT2D eigenvalue weighted by atomic mass is 9.92. The first-order chi connectivity index (χ1) is 14.3. The van der Waals surface area contributed by atoms with Crippen LogP contribution in [0.2, 0.25) is 0 Å². The predicted molar refractivity (Wildman–Crippen MR) is 123 cm³/mol. The highest BCUT2D eigenvalue weighted by molar-refractivity contribution is 7.99. The maximum absolute atomic E-state index is 12.1. The number of amides is 1. The molecule has 4 rings (SSSR count). The van der Waals surface area contributed by atoms with Crippen LogP contribution in [-0.4, -0.2) is 36.2 Å². The van der Waals surface area contributed by atoms with Crippen LogP contribution in [0, 0.1) is 5.92 Å². The molecule has 2 aromatic rings. The van der Waals surface area contributed by atoms with Crippen molar-refractivity contribution in [1.82, 2.24) is 4.90 Å². The van der Waals surface area contributed by atoms with Crippen molar-refractivity contribution in [2.45, 2.75) is 49.3 Å². The van der Waals surface area contributed by atoms with Gasteiger partial charge in [0.1, 0.15) is 0 Å². The van der Waals surface area contributed by atoms with E-state index in [1.54, 1.807) is 0 Å². The minimum atomic E-state index is 0.197. The summed E-state index contributed by atoms with van der Waals surface area (Å²) >= 11 is 1.96. The average Bonchev–Trinajstić information content (AvgIpc) is 3.60. The third kappa shape index (κ3) is 6.35. The Balaban J connectivity index is 1.22. The summed E-state index contributed by atoms with van der Waals surface area (Å²) in [5.41, 5.74) is 2.36. The molecule has 1 atom stereocenters. The minimum Gasteiger partial charge on any atom is -0.326 e. The summed E-state index contributed by atoms with van der Waals surface area (Å²) in [5.74, 6) is 2.25. The molecular formula is C25H32N2OS. The van der Waals surface area contributed by atoms with Gasteiger partial charge in [0.2, 0.25) is 5.91 Å². The zero-order chi connectivity index (χ0) is 19.9. The van der Waals surface area contributed by atoms with E-state index in [4.69, 9.17) is 0 Å². The second-order valence-electron chi connectivity index (χ2n) is 8.37. The van der Waals surface area contributed by atoms with Gasteiger partial charge in [-0.15, -0.1) is 11.8 Å². The monoisotopic (exact) mass is 408 g/mol. The molecular weight excluding hydrogens is 376 g/mol. The molecule has 0 aromatic heterocycles. The Hall–Kier alpha value is -1.78. The first kappa shape index (κ1) is 20.5. The first-order valence-electron chi connectivity index (χ1n) is 11.1. The van der Waals surface area contributed by atoms with E-state index in [1.165, 1.54) is 61.5 Å². The Labute approximate surface area is 179 Å². The van der Waals surface area contributed by atoms with Crippen LogP contribution in [0.3, 0.4) is 0 Å². The fraction of sp³-hybridized carbons (Fsp3) is 0.480. The number of nitrogens with zero attached hydrogens (tertiary/aromatic N) is 1. The Kier molecular flexibility index (Phi) is 7.28. The molecule has 1 saturated heterocycles. The molecule has 1 aliphatic heterocycles. The standard InChI is InChI=1S/C25H32N2OS/c28-25(21-12-13-21)26-23-9-4-7-22(19-23)20-8-5-15-27(17-14-20)16-6-18-29-24-10-2-1-3-11-24/h1-4,7,9-11,19-21H,5-6,8,12-18H2,(H,26,28). The van der Waals surface area contributed by atoms with Crippen LogP contribution >= 0.6 is 11.8 Å². The number of anilines is 1. The molecule has 1 heterocycles. The predicted octanol–water partition coefficient (Wildman–Crippen LogP) is 5.79. The number of rotatable bonds is 8. The van der Waals surface area contributed by atoms with Gasteiger partial charge in [-0.05, 0) is 99.7 Å². The van der Waals surface area contributed by atoms with Crippen LogP contribution in [0.25, 0.3) is 0 Å². The molecule has 2 aliphatic rings. The van der Waals surface area contributed by atoms with E-state index in [1.807, 2.05) is 17.8 Å². The van der Waals surface area contributed by atoms with Crippen molar-refractivity contribution in [3.63, 3.8) is 0 Å². The molecule has 1 amide bonds. The molecule has 2 aromatic carbocycles. The Bertz CT molecular complexity index is 790. The average molecular weight is 409 g/mol. The van der Waals surface area contributed by atoms with Gasteiger partial charge in [0.25, 0.3) is 0 Å². The van der Waals surface area contributed by atoms with Crippen molar-refractivity contribution in [3.8, 4) is 0 Å². The number of hydrogen-bond donors (Lipinski definition) is 1. The van der Waals surface area contributed by atoms with Gasteiger partial charge < -0.3 is 10.2 Å². The maximum Gasteiger partial charge on any atom is 0.227 e. The largest absolute Gasteiger partial charge is 0.326 e. The Morgan fingerprint density at radius 3 is 2.69 bits per heavy atom. The fourth-order valence-corrected chi connectivity index (χ4v) is 5.03. The molecule has 1 N–H and O–H groups in total. The zero-order valence-electron chi connectivity index (χ0n) is 17.2. The van der Waals surface area contributed by atoms with Crippen molar-refractivity contribution < 1.29 is 4.79 Å². The third-order valence-electron chi connectivity index (χ3n) is 6.03. The molecule has 1 unspecified atom stereocenters.